The molecule has 1 fully saturated rings. The molecule has 2 aromatic carbocycles. The van der Waals surface area contributed by atoms with Crippen molar-refractivity contribution >= 4 is 30.0 Å². The van der Waals surface area contributed by atoms with E-state index in [4.69, 9.17) is 28.4 Å². The molecular formula is C51H81N5O11. The maximum absolute atomic E-state index is 13.5. The Morgan fingerprint density at radius 1 is 0.522 bits per heavy atom. The predicted molar refractivity (Wildman–Crippen MR) is 258 cm³/mol. The summed E-state index contributed by atoms with van der Waals surface area (Å²) in [7, 11) is 0. The van der Waals surface area contributed by atoms with Gasteiger partial charge in [0.25, 0.3) is 0 Å². The zero-order valence-corrected chi connectivity index (χ0v) is 42.6. The van der Waals surface area contributed by atoms with E-state index >= 15 is 0 Å². The number of benzene rings is 2. The molecule has 2 aromatic rings. The third-order valence-corrected chi connectivity index (χ3v) is 9.84. The Morgan fingerprint density at radius 3 is 1.31 bits per heavy atom. The van der Waals surface area contributed by atoms with Crippen molar-refractivity contribution in [2.75, 3.05) is 91.7 Å². The van der Waals surface area contributed by atoms with Crippen molar-refractivity contribution in [2.45, 2.75) is 125 Å². The topological polar surface area (TPSA) is 166 Å². The zero-order valence-electron chi connectivity index (χ0n) is 42.6. The Morgan fingerprint density at radius 2 is 0.910 bits per heavy atom. The van der Waals surface area contributed by atoms with Crippen LogP contribution in [0.4, 0.5) is 4.79 Å². The van der Waals surface area contributed by atoms with Gasteiger partial charge in [-0.1, -0.05) is 42.5 Å². The molecular weight excluding hydrogens is 859 g/mol. The first kappa shape index (κ1) is 56.6. The van der Waals surface area contributed by atoms with Gasteiger partial charge in [-0.25, -0.2) is 4.79 Å². The van der Waals surface area contributed by atoms with Crippen LogP contribution in [0.1, 0.15) is 101 Å². The van der Waals surface area contributed by atoms with Crippen molar-refractivity contribution in [3.63, 3.8) is 0 Å². The second-order valence-electron chi connectivity index (χ2n) is 21.3. The third-order valence-electron chi connectivity index (χ3n) is 9.84. The molecule has 0 radical (unpaired) electrons. The van der Waals surface area contributed by atoms with E-state index in [2.05, 4.69) is 15.1 Å². The van der Waals surface area contributed by atoms with Gasteiger partial charge in [-0.15, -0.1) is 0 Å². The quantitative estimate of drug-likeness (QED) is 0.109. The van der Waals surface area contributed by atoms with Gasteiger partial charge in [-0.05, 0) is 125 Å². The Labute approximate surface area is 400 Å². The number of carbonyl (C=O) groups is 5. The first-order valence-corrected chi connectivity index (χ1v) is 23.6. The van der Waals surface area contributed by atoms with Crippen LogP contribution < -0.4 is 10.1 Å². The molecule has 0 saturated carbocycles. The lowest BCUT2D eigenvalue weighted by Crippen LogP contribution is -2.46. The first-order valence-electron chi connectivity index (χ1n) is 23.6. The highest BCUT2D eigenvalue weighted by atomic mass is 16.6. The van der Waals surface area contributed by atoms with Crippen LogP contribution in [0.15, 0.2) is 54.6 Å². The fourth-order valence-electron chi connectivity index (χ4n) is 7.28. The fourth-order valence-corrected chi connectivity index (χ4v) is 7.28. The van der Waals surface area contributed by atoms with Gasteiger partial charge in [0.15, 0.2) is 0 Å². The van der Waals surface area contributed by atoms with Gasteiger partial charge in [-0.3, -0.25) is 38.8 Å². The van der Waals surface area contributed by atoms with Crippen molar-refractivity contribution in [1.82, 2.24) is 24.9 Å². The van der Waals surface area contributed by atoms with Gasteiger partial charge in [0.1, 0.15) is 34.8 Å². The van der Waals surface area contributed by atoms with Crippen molar-refractivity contribution < 1.29 is 52.4 Å². The molecule has 376 valence electrons. The van der Waals surface area contributed by atoms with E-state index in [0.29, 0.717) is 84.1 Å². The van der Waals surface area contributed by atoms with Gasteiger partial charge < -0.3 is 33.7 Å². The largest absolute Gasteiger partial charge is 0.494 e. The monoisotopic (exact) mass is 940 g/mol. The third kappa shape index (κ3) is 27.0. The van der Waals surface area contributed by atoms with Crippen molar-refractivity contribution in [1.29, 1.82) is 0 Å². The number of carbonyl (C=O) groups excluding carboxylic acids is 5. The van der Waals surface area contributed by atoms with Crippen molar-refractivity contribution in [3.8, 4) is 5.75 Å². The van der Waals surface area contributed by atoms with Crippen LogP contribution in [0, 0.1) is 5.92 Å². The number of amides is 1. The second kappa shape index (κ2) is 26.7. The minimum Gasteiger partial charge on any atom is -0.494 e. The summed E-state index contributed by atoms with van der Waals surface area (Å²) in [5.41, 5.74) is -0.813. The van der Waals surface area contributed by atoms with Crippen LogP contribution in [0.5, 0.6) is 5.75 Å². The molecule has 0 aromatic heterocycles. The summed E-state index contributed by atoms with van der Waals surface area (Å²) >= 11 is 0. The van der Waals surface area contributed by atoms with Crippen LogP contribution in [-0.2, 0) is 55.9 Å². The molecule has 67 heavy (non-hydrogen) atoms. The minimum atomic E-state index is -0.694. The van der Waals surface area contributed by atoms with E-state index in [0.717, 1.165) is 11.1 Å². The summed E-state index contributed by atoms with van der Waals surface area (Å²) in [5.74, 6) is -0.923. The number of esters is 4. The Hall–Kier alpha value is -4.77. The van der Waals surface area contributed by atoms with Gasteiger partial charge in [0.05, 0.1) is 32.8 Å². The van der Waals surface area contributed by atoms with E-state index in [-0.39, 0.29) is 62.6 Å². The van der Waals surface area contributed by atoms with Crippen molar-refractivity contribution in [2.24, 2.45) is 5.92 Å². The average molecular weight is 940 g/mol. The predicted octanol–water partition coefficient (Wildman–Crippen LogP) is 6.13. The number of alkyl carbamates (subject to hydrolysis) is 1. The summed E-state index contributed by atoms with van der Waals surface area (Å²) in [6.07, 6.45) is 0.685. The number of nitrogens with one attached hydrogen (secondary N) is 1. The molecule has 0 atom stereocenters. The highest BCUT2D eigenvalue weighted by Crippen LogP contribution is 2.20. The molecule has 16 heteroatoms. The van der Waals surface area contributed by atoms with E-state index in [9.17, 15) is 24.0 Å². The van der Waals surface area contributed by atoms with E-state index in [1.165, 1.54) is 0 Å². The zero-order chi connectivity index (χ0) is 49.8. The molecule has 0 aliphatic carbocycles. The molecule has 0 spiro atoms. The lowest BCUT2D eigenvalue weighted by atomic mass is 9.97. The Kier molecular flexibility index (Phi) is 22.5. The van der Waals surface area contributed by atoms with Gasteiger partial charge in [0, 0.05) is 58.9 Å². The van der Waals surface area contributed by atoms with Crippen LogP contribution in [0.2, 0.25) is 0 Å². The molecule has 1 N–H and O–H groups in total. The highest BCUT2D eigenvalue weighted by Gasteiger charge is 2.29. The number of hydrogen-bond acceptors (Lipinski definition) is 15. The van der Waals surface area contributed by atoms with Crippen LogP contribution in [0.25, 0.3) is 0 Å². The number of nitrogens with zero attached hydrogens (tertiary/aromatic N) is 4. The molecule has 16 nitrogen and oxygen atoms in total. The van der Waals surface area contributed by atoms with Crippen LogP contribution >= 0.6 is 0 Å². The summed E-state index contributed by atoms with van der Waals surface area (Å²) in [6.45, 7) is 26.5. The second-order valence-corrected chi connectivity index (χ2v) is 21.3. The Balaban J connectivity index is 1.89. The molecule has 1 aliphatic rings. The molecule has 3 rings (SSSR count). The molecule has 1 aliphatic heterocycles. The Bertz CT molecular complexity index is 1750. The lowest BCUT2D eigenvalue weighted by molar-refractivity contribution is -0.158. The van der Waals surface area contributed by atoms with Crippen molar-refractivity contribution in [3.05, 3.63) is 65.7 Å². The van der Waals surface area contributed by atoms with Gasteiger partial charge in [-0.2, -0.15) is 0 Å². The standard InChI is InChI=1S/C51H81N5O11/c1-48(2,3)64-43(57)34-53-24-25-54(35-44(58)65-49(4,5)6)27-29-56(37-46(60)67-51(10,11)12)33-41(32-55(28-26-53)36-45(59)66-50(7,8)9)31-39-19-21-42(22-20-39)62-30-16-23-52-47(61)63-38-40-17-14-13-15-18-40/h13-15,17-22,41H,16,23-38H2,1-12H3,(H,52,61). The van der Waals surface area contributed by atoms with Gasteiger partial charge in [0.2, 0.25) is 0 Å². The summed E-state index contributed by atoms with van der Waals surface area (Å²) < 4.78 is 34.4. The van der Waals surface area contributed by atoms with E-state index in [1.54, 1.807) is 0 Å². The van der Waals surface area contributed by atoms with Gasteiger partial charge >= 0.3 is 30.0 Å². The molecule has 0 bridgehead atoms. The summed E-state index contributed by atoms with van der Waals surface area (Å²) in [4.78, 5) is 73.8. The number of hydrogen-bond donors (Lipinski definition) is 1. The SMILES string of the molecule is CC(C)(C)OC(=O)CN1CCN(CC(=O)OC(C)(C)C)CCN(CC(=O)OC(C)(C)C)CC(Cc2ccc(OCCCNC(=O)OCc3ccccc3)cc2)CN(CC(=O)OC(C)(C)C)CC1. The normalized spacial score (nSPS) is 16.1. The number of rotatable bonds is 17. The minimum absolute atomic E-state index is 0.0112. The average Bonchev–Trinajstić information content (AvgIpc) is 3.18. The number of ether oxygens (including phenoxy) is 6. The maximum atomic E-state index is 13.5. The molecule has 0 unspecified atom stereocenters. The maximum Gasteiger partial charge on any atom is 0.407 e. The highest BCUT2D eigenvalue weighted by molar-refractivity contribution is 5.73. The first-order chi connectivity index (χ1) is 31.2. The van der Waals surface area contributed by atoms with E-state index < -0.39 is 28.5 Å². The van der Waals surface area contributed by atoms with E-state index in [1.807, 2.05) is 147 Å². The summed E-state index contributed by atoms with van der Waals surface area (Å²) in [5, 5.41) is 2.76. The molecule has 1 amide bonds. The lowest BCUT2D eigenvalue weighted by Gasteiger charge is -2.33. The summed E-state index contributed by atoms with van der Waals surface area (Å²) in [6, 6.07) is 17.3. The molecule has 1 saturated heterocycles. The molecule has 1 heterocycles. The van der Waals surface area contributed by atoms with Crippen LogP contribution in [0.3, 0.4) is 0 Å². The smallest absolute Gasteiger partial charge is 0.407 e. The fraction of sp³-hybridized carbons (Fsp3) is 0.667. The van der Waals surface area contributed by atoms with Crippen LogP contribution in [-0.4, -0.2) is 164 Å².